The molecule has 3 atom stereocenters. The van der Waals surface area contributed by atoms with Gasteiger partial charge in [-0.25, -0.2) is 0 Å². The van der Waals surface area contributed by atoms with E-state index in [1.165, 1.54) is 12.8 Å². The Balaban J connectivity index is 2.29. The Labute approximate surface area is 94.0 Å². The fourth-order valence-electron chi connectivity index (χ4n) is 1.80. The topological polar surface area (TPSA) is 0 Å². The van der Waals surface area contributed by atoms with Crippen molar-refractivity contribution < 1.29 is 0 Å². The van der Waals surface area contributed by atoms with Crippen molar-refractivity contribution in [1.82, 2.24) is 0 Å². The van der Waals surface area contributed by atoms with Crippen molar-refractivity contribution in [2.24, 2.45) is 5.92 Å². The van der Waals surface area contributed by atoms with Crippen LogP contribution in [0.15, 0.2) is 0 Å². The lowest BCUT2D eigenvalue weighted by Gasteiger charge is -2.14. The normalized spacial score (nSPS) is 56.4. The zero-order valence-corrected chi connectivity index (χ0v) is 11.4. The standard InChI is InChI=1S/C6H6Br4/c7-4-2-1-3-5(4,8)6(3,9)10/h3-4H,1-2H2/t3-,4-,5+/m1/s1. The van der Waals surface area contributed by atoms with Crippen LogP contribution in [0, 0.1) is 5.92 Å². The molecule has 0 radical (unpaired) electrons. The average molecular weight is 398 g/mol. The minimum atomic E-state index is 0.166. The van der Waals surface area contributed by atoms with Gasteiger partial charge < -0.3 is 0 Å². The molecule has 2 rings (SSSR count). The van der Waals surface area contributed by atoms with Crippen molar-refractivity contribution in [2.75, 3.05) is 0 Å². The lowest BCUT2D eigenvalue weighted by Crippen LogP contribution is -2.18. The summed E-state index contributed by atoms with van der Waals surface area (Å²) in [5.74, 6) is 0.754. The molecular formula is C6H6Br4. The van der Waals surface area contributed by atoms with E-state index in [0.717, 1.165) is 5.92 Å². The van der Waals surface area contributed by atoms with E-state index in [1.54, 1.807) is 0 Å². The molecule has 0 spiro atoms. The first-order valence-corrected chi connectivity index (χ1v) is 6.51. The molecule has 0 bridgehead atoms. The fraction of sp³-hybridized carbons (Fsp3) is 1.00. The van der Waals surface area contributed by atoms with Crippen LogP contribution in [0.3, 0.4) is 0 Å². The zero-order chi connectivity index (χ0) is 7.57. The molecule has 0 heterocycles. The molecule has 0 aromatic heterocycles. The summed E-state index contributed by atoms with van der Waals surface area (Å²) in [5, 5.41) is 0. The van der Waals surface area contributed by atoms with Crippen LogP contribution >= 0.6 is 63.7 Å². The van der Waals surface area contributed by atoms with Crippen molar-refractivity contribution >= 4 is 63.7 Å². The zero-order valence-electron chi connectivity index (χ0n) is 5.08. The first-order chi connectivity index (χ1) is 4.51. The van der Waals surface area contributed by atoms with Gasteiger partial charge in [0.15, 0.2) is 0 Å². The van der Waals surface area contributed by atoms with Gasteiger partial charge in [-0.2, -0.15) is 0 Å². The molecule has 0 aliphatic heterocycles. The van der Waals surface area contributed by atoms with Gasteiger partial charge in [-0.15, -0.1) is 0 Å². The molecule has 4 heteroatoms. The Morgan fingerprint density at radius 3 is 1.90 bits per heavy atom. The smallest absolute Gasteiger partial charge is 0.0874 e. The van der Waals surface area contributed by atoms with Gasteiger partial charge in [0.25, 0.3) is 0 Å². The van der Waals surface area contributed by atoms with Crippen LogP contribution in [0.2, 0.25) is 0 Å². The Bertz CT molecular complexity index is 179. The van der Waals surface area contributed by atoms with Crippen LogP contribution in [0.1, 0.15) is 12.8 Å². The van der Waals surface area contributed by atoms with Crippen molar-refractivity contribution in [3.05, 3.63) is 0 Å². The maximum absolute atomic E-state index is 3.76. The number of hydrogen-bond donors (Lipinski definition) is 0. The van der Waals surface area contributed by atoms with E-state index in [0.29, 0.717) is 4.83 Å². The summed E-state index contributed by atoms with van der Waals surface area (Å²) < 4.78 is 0.444. The molecule has 2 saturated carbocycles. The Kier molecular flexibility index (Phi) is 1.90. The number of hydrogen-bond acceptors (Lipinski definition) is 0. The maximum Gasteiger partial charge on any atom is 0.101 e. The molecule has 10 heavy (non-hydrogen) atoms. The van der Waals surface area contributed by atoms with Gasteiger partial charge in [0, 0.05) is 10.7 Å². The molecule has 0 N–H and O–H groups in total. The molecule has 0 aromatic rings. The summed E-state index contributed by atoms with van der Waals surface area (Å²) in [5.41, 5.74) is 0. The van der Waals surface area contributed by atoms with E-state index in [-0.39, 0.29) is 7.56 Å². The molecule has 58 valence electrons. The van der Waals surface area contributed by atoms with Crippen molar-refractivity contribution in [3.63, 3.8) is 0 Å². The SMILES string of the molecule is Br[C@@H]1CC[C@H]2C(Br)(Br)[C@@]12Br. The Morgan fingerprint density at radius 2 is 1.70 bits per heavy atom. The largest absolute Gasteiger partial charge is 0.101 e. The van der Waals surface area contributed by atoms with E-state index in [1.807, 2.05) is 0 Å². The molecule has 0 nitrogen and oxygen atoms in total. The first kappa shape index (κ1) is 8.52. The number of halogens is 4. The van der Waals surface area contributed by atoms with E-state index in [9.17, 15) is 0 Å². The Morgan fingerprint density at radius 1 is 1.10 bits per heavy atom. The van der Waals surface area contributed by atoms with Gasteiger partial charge in [0.2, 0.25) is 0 Å². The maximum atomic E-state index is 3.76. The second kappa shape index (κ2) is 2.24. The molecule has 0 aromatic carbocycles. The molecule has 2 aliphatic carbocycles. The molecular weight excluding hydrogens is 392 g/mol. The van der Waals surface area contributed by atoms with Crippen LogP contribution in [0.4, 0.5) is 0 Å². The van der Waals surface area contributed by atoms with Crippen molar-refractivity contribution in [3.8, 4) is 0 Å². The molecule has 2 aliphatic rings. The Hall–Kier alpha value is 1.92. The monoisotopic (exact) mass is 394 g/mol. The molecule has 0 unspecified atom stereocenters. The average Bonchev–Trinajstić information content (AvgIpc) is 2.19. The number of rotatable bonds is 0. The minimum Gasteiger partial charge on any atom is -0.0874 e. The number of alkyl halides is 4. The highest BCUT2D eigenvalue weighted by atomic mass is 79.9. The summed E-state index contributed by atoms with van der Waals surface area (Å²) in [4.78, 5) is 0.615. The van der Waals surface area contributed by atoms with Crippen molar-refractivity contribution in [1.29, 1.82) is 0 Å². The third-order valence-corrected chi connectivity index (χ3v) is 9.54. The van der Waals surface area contributed by atoms with Crippen LogP contribution in [-0.2, 0) is 0 Å². The van der Waals surface area contributed by atoms with Gasteiger partial charge in [-0.05, 0) is 12.8 Å². The molecule has 2 fully saturated rings. The van der Waals surface area contributed by atoms with E-state index in [4.69, 9.17) is 0 Å². The minimum absolute atomic E-state index is 0.166. The lowest BCUT2D eigenvalue weighted by molar-refractivity contribution is 0.756. The third kappa shape index (κ3) is 0.775. The van der Waals surface area contributed by atoms with Crippen molar-refractivity contribution in [2.45, 2.75) is 25.2 Å². The van der Waals surface area contributed by atoms with Crippen LogP contribution < -0.4 is 0 Å². The second-order valence-corrected chi connectivity index (χ2v) is 8.97. The highest BCUT2D eigenvalue weighted by molar-refractivity contribution is 9.27. The summed E-state index contributed by atoms with van der Waals surface area (Å²) in [6, 6.07) is 0. The van der Waals surface area contributed by atoms with E-state index < -0.39 is 0 Å². The summed E-state index contributed by atoms with van der Waals surface area (Å²) >= 11 is 14.8. The molecule has 0 amide bonds. The fourth-order valence-corrected chi connectivity index (χ4v) is 7.00. The summed E-state index contributed by atoms with van der Waals surface area (Å²) in [6.07, 6.45) is 2.59. The van der Waals surface area contributed by atoms with Crippen LogP contribution in [0.5, 0.6) is 0 Å². The quantitative estimate of drug-likeness (QED) is 0.546. The summed E-state index contributed by atoms with van der Waals surface area (Å²) in [6.45, 7) is 0. The summed E-state index contributed by atoms with van der Waals surface area (Å²) in [7, 11) is 0. The third-order valence-electron chi connectivity index (χ3n) is 2.54. The van der Waals surface area contributed by atoms with Crippen LogP contribution in [-0.4, -0.2) is 12.4 Å². The van der Waals surface area contributed by atoms with Gasteiger partial charge in [0.1, 0.15) is 3.23 Å². The lowest BCUT2D eigenvalue weighted by atomic mass is 10.2. The van der Waals surface area contributed by atoms with Gasteiger partial charge in [-0.3, -0.25) is 0 Å². The van der Waals surface area contributed by atoms with Gasteiger partial charge in [0.05, 0.1) is 4.32 Å². The second-order valence-electron chi connectivity index (χ2n) is 2.99. The van der Waals surface area contributed by atoms with Gasteiger partial charge in [-0.1, -0.05) is 63.7 Å². The predicted molar refractivity (Wildman–Crippen MR) is 57.7 cm³/mol. The van der Waals surface area contributed by atoms with Crippen LogP contribution in [0.25, 0.3) is 0 Å². The van der Waals surface area contributed by atoms with E-state index in [2.05, 4.69) is 63.7 Å². The van der Waals surface area contributed by atoms with Gasteiger partial charge >= 0.3 is 0 Å². The number of fused-ring (bicyclic) bond motifs is 1. The van der Waals surface area contributed by atoms with E-state index >= 15 is 0 Å². The first-order valence-electron chi connectivity index (χ1n) is 3.22. The highest BCUT2D eigenvalue weighted by Crippen LogP contribution is 2.77. The highest BCUT2D eigenvalue weighted by Gasteiger charge is 2.78. The molecule has 0 saturated heterocycles. The predicted octanol–water partition coefficient (Wildman–Crippen LogP) is 3.79.